The van der Waals surface area contributed by atoms with E-state index in [0.29, 0.717) is 6.54 Å². The van der Waals surface area contributed by atoms with Crippen molar-refractivity contribution in [1.29, 1.82) is 0 Å². The Kier molecular flexibility index (Phi) is 4.94. The number of amides is 1. The summed E-state index contributed by atoms with van der Waals surface area (Å²) in [7, 11) is 0. The lowest BCUT2D eigenvalue weighted by molar-refractivity contribution is -0.389. The molecule has 1 amide bonds. The van der Waals surface area contributed by atoms with E-state index in [2.05, 4.69) is 10.3 Å². The van der Waals surface area contributed by atoms with Crippen molar-refractivity contribution in [1.82, 2.24) is 9.55 Å². The number of aromatic nitrogens is 2. The highest BCUT2D eigenvalue weighted by Gasteiger charge is 2.11. The average Bonchev–Trinajstić information content (AvgIpc) is 2.95. The molecule has 0 atom stereocenters. The molecule has 0 fully saturated rings. The van der Waals surface area contributed by atoms with E-state index in [0.717, 1.165) is 10.6 Å². The van der Waals surface area contributed by atoms with Crippen molar-refractivity contribution in [2.24, 2.45) is 0 Å². The monoisotopic (exact) mass is 306 g/mol. The van der Waals surface area contributed by atoms with E-state index in [9.17, 15) is 14.9 Å². The number of para-hydroxylation sites is 1. The molecule has 1 aromatic carbocycles. The smallest absolute Gasteiger partial charge is 0.358 e. The number of aryl methyl sites for hydroxylation is 1. The lowest BCUT2D eigenvalue weighted by Crippen LogP contribution is -2.14. The number of thioether (sulfide) groups is 1. The highest BCUT2D eigenvalue weighted by molar-refractivity contribution is 7.98. The number of hydrogen-bond donors (Lipinski definition) is 1. The average molecular weight is 306 g/mol. The Labute approximate surface area is 125 Å². The van der Waals surface area contributed by atoms with Gasteiger partial charge in [0.05, 0.1) is 5.69 Å². The molecule has 2 aromatic rings. The first-order valence-electron chi connectivity index (χ1n) is 6.19. The van der Waals surface area contributed by atoms with Crippen LogP contribution in [0.25, 0.3) is 0 Å². The maximum atomic E-state index is 11.9. The van der Waals surface area contributed by atoms with Gasteiger partial charge in [-0.2, -0.15) is 0 Å². The van der Waals surface area contributed by atoms with Crippen molar-refractivity contribution in [2.45, 2.75) is 17.9 Å². The van der Waals surface area contributed by atoms with E-state index in [1.165, 1.54) is 17.1 Å². The van der Waals surface area contributed by atoms with Crippen LogP contribution in [-0.2, 0) is 11.3 Å². The first-order valence-corrected chi connectivity index (χ1v) is 7.41. The van der Waals surface area contributed by atoms with Crippen LogP contribution in [0.15, 0.2) is 41.7 Å². The summed E-state index contributed by atoms with van der Waals surface area (Å²) in [6, 6.07) is 7.53. The summed E-state index contributed by atoms with van der Waals surface area (Å²) in [5.41, 5.74) is 0.770. The summed E-state index contributed by atoms with van der Waals surface area (Å²) >= 11 is 1.55. The molecule has 1 heterocycles. The number of carbonyl (C=O) groups excluding carboxylic acids is 1. The third-order valence-electron chi connectivity index (χ3n) is 2.78. The highest BCUT2D eigenvalue weighted by Crippen LogP contribution is 2.24. The van der Waals surface area contributed by atoms with Crippen molar-refractivity contribution >= 4 is 29.2 Å². The summed E-state index contributed by atoms with van der Waals surface area (Å²) in [5, 5.41) is 13.3. The van der Waals surface area contributed by atoms with Gasteiger partial charge in [-0.1, -0.05) is 12.1 Å². The van der Waals surface area contributed by atoms with E-state index in [1.54, 1.807) is 11.8 Å². The van der Waals surface area contributed by atoms with Crippen LogP contribution < -0.4 is 5.32 Å². The van der Waals surface area contributed by atoms with Crippen LogP contribution in [-0.4, -0.2) is 26.6 Å². The number of rotatable bonds is 6. The van der Waals surface area contributed by atoms with Gasteiger partial charge in [0.1, 0.15) is 6.20 Å². The molecular weight excluding hydrogens is 292 g/mol. The zero-order valence-electron chi connectivity index (χ0n) is 11.4. The maximum Gasteiger partial charge on any atom is 0.381 e. The predicted octanol–water partition coefficient (Wildman–Crippen LogP) is 2.54. The van der Waals surface area contributed by atoms with Gasteiger partial charge in [-0.3, -0.25) is 4.79 Å². The SMILES string of the molecule is CSc1ccccc1NC(=O)CCn1cnc([N+](=O)[O-])c1. The summed E-state index contributed by atoms with van der Waals surface area (Å²) in [6.07, 6.45) is 4.82. The molecule has 1 aromatic heterocycles. The van der Waals surface area contributed by atoms with Gasteiger partial charge >= 0.3 is 5.82 Å². The molecule has 8 heteroatoms. The summed E-state index contributed by atoms with van der Waals surface area (Å²) in [5.74, 6) is -0.365. The number of anilines is 1. The van der Waals surface area contributed by atoms with Crippen LogP contribution in [0, 0.1) is 10.1 Å². The number of hydrogen-bond acceptors (Lipinski definition) is 5. The summed E-state index contributed by atoms with van der Waals surface area (Å²) < 4.78 is 1.53. The van der Waals surface area contributed by atoms with Gasteiger partial charge in [-0.15, -0.1) is 11.8 Å². The molecule has 2 rings (SSSR count). The van der Waals surface area contributed by atoms with Gasteiger partial charge in [0.2, 0.25) is 12.2 Å². The van der Waals surface area contributed by atoms with Crippen LogP contribution in [0.1, 0.15) is 6.42 Å². The molecule has 0 aliphatic heterocycles. The fraction of sp³-hybridized carbons (Fsp3) is 0.231. The molecule has 0 saturated carbocycles. The molecule has 0 radical (unpaired) electrons. The molecule has 21 heavy (non-hydrogen) atoms. The fourth-order valence-corrected chi connectivity index (χ4v) is 2.31. The third-order valence-corrected chi connectivity index (χ3v) is 3.58. The number of imidazole rings is 1. The second-order valence-electron chi connectivity index (χ2n) is 4.23. The predicted molar refractivity (Wildman–Crippen MR) is 80.4 cm³/mol. The Bertz CT molecular complexity index is 656. The van der Waals surface area contributed by atoms with E-state index < -0.39 is 4.92 Å². The van der Waals surface area contributed by atoms with Crippen LogP contribution >= 0.6 is 11.8 Å². The Morgan fingerprint density at radius 3 is 2.90 bits per heavy atom. The van der Waals surface area contributed by atoms with Gasteiger partial charge in [-0.05, 0) is 28.3 Å². The van der Waals surface area contributed by atoms with Crippen molar-refractivity contribution in [3.05, 3.63) is 46.9 Å². The van der Waals surface area contributed by atoms with E-state index in [-0.39, 0.29) is 18.1 Å². The highest BCUT2D eigenvalue weighted by atomic mass is 32.2. The standard InChI is InChI=1S/C13H14N4O3S/c1-21-11-5-3-2-4-10(11)15-13(18)6-7-16-8-12(14-9-16)17(19)20/h2-5,8-9H,6-7H2,1H3,(H,15,18). The maximum absolute atomic E-state index is 11.9. The summed E-state index contributed by atoms with van der Waals surface area (Å²) in [6.45, 7) is 0.341. The van der Waals surface area contributed by atoms with E-state index in [1.807, 2.05) is 30.5 Å². The van der Waals surface area contributed by atoms with E-state index in [4.69, 9.17) is 0 Å². The minimum atomic E-state index is -0.564. The number of nitrogens with zero attached hydrogens (tertiary/aromatic N) is 3. The topological polar surface area (TPSA) is 90.1 Å². The quantitative estimate of drug-likeness (QED) is 0.503. The molecule has 0 saturated heterocycles. The van der Waals surface area contributed by atoms with Crippen molar-refractivity contribution < 1.29 is 9.72 Å². The molecule has 110 valence electrons. The van der Waals surface area contributed by atoms with Crippen LogP contribution in [0.2, 0.25) is 0 Å². The van der Waals surface area contributed by atoms with Crippen molar-refractivity contribution in [2.75, 3.05) is 11.6 Å². The minimum Gasteiger partial charge on any atom is -0.358 e. The number of benzene rings is 1. The second-order valence-corrected chi connectivity index (χ2v) is 5.07. The van der Waals surface area contributed by atoms with E-state index >= 15 is 0 Å². The van der Waals surface area contributed by atoms with Crippen molar-refractivity contribution in [3.63, 3.8) is 0 Å². The lowest BCUT2D eigenvalue weighted by Gasteiger charge is -2.09. The first kappa shape index (κ1) is 15.0. The Morgan fingerprint density at radius 2 is 2.24 bits per heavy atom. The van der Waals surface area contributed by atoms with Gasteiger partial charge in [0, 0.05) is 17.9 Å². The third kappa shape index (κ3) is 4.06. The van der Waals surface area contributed by atoms with Gasteiger partial charge < -0.3 is 20.0 Å². The Morgan fingerprint density at radius 1 is 1.48 bits per heavy atom. The largest absolute Gasteiger partial charge is 0.381 e. The molecule has 0 spiro atoms. The van der Waals surface area contributed by atoms with Gasteiger partial charge in [0.15, 0.2) is 0 Å². The van der Waals surface area contributed by atoms with Crippen LogP contribution in [0.4, 0.5) is 11.5 Å². The lowest BCUT2D eigenvalue weighted by atomic mass is 10.3. The number of nitrogens with one attached hydrogen (secondary N) is 1. The zero-order chi connectivity index (χ0) is 15.2. The van der Waals surface area contributed by atoms with Gasteiger partial charge in [-0.25, -0.2) is 0 Å². The molecule has 7 nitrogen and oxygen atoms in total. The molecule has 0 unspecified atom stereocenters. The molecule has 0 bridgehead atoms. The summed E-state index contributed by atoms with van der Waals surface area (Å²) in [4.78, 5) is 26.5. The zero-order valence-corrected chi connectivity index (χ0v) is 12.2. The van der Waals surface area contributed by atoms with Crippen LogP contribution in [0.3, 0.4) is 0 Å². The first-order chi connectivity index (χ1) is 10.1. The molecule has 0 aliphatic rings. The number of carbonyl (C=O) groups is 1. The van der Waals surface area contributed by atoms with Crippen molar-refractivity contribution in [3.8, 4) is 0 Å². The van der Waals surface area contributed by atoms with Crippen LogP contribution in [0.5, 0.6) is 0 Å². The molecule has 0 aliphatic carbocycles. The number of nitro groups is 1. The second kappa shape index (κ2) is 6.89. The molecule has 1 N–H and O–H groups in total. The Balaban J connectivity index is 1.91. The molecular formula is C13H14N4O3S. The fourth-order valence-electron chi connectivity index (χ4n) is 1.76. The van der Waals surface area contributed by atoms with Gasteiger partial charge in [0.25, 0.3) is 0 Å². The normalized spacial score (nSPS) is 10.3. The minimum absolute atomic E-state index is 0.146. The Hall–Kier alpha value is -2.35.